The molecule has 0 radical (unpaired) electrons. The Morgan fingerprint density at radius 2 is 2.10 bits per heavy atom. The summed E-state index contributed by atoms with van der Waals surface area (Å²) in [5, 5.41) is 0.339. The van der Waals surface area contributed by atoms with Crippen LogP contribution in [0.25, 0.3) is 16.7 Å². The highest BCUT2D eigenvalue weighted by molar-refractivity contribution is 6.30. The SMILES string of the molecule is COc1cccc2c1nc(CCl)n2-c1ccc(Cl)cc1F. The van der Waals surface area contributed by atoms with Gasteiger partial charge in [0.1, 0.15) is 22.9 Å². The monoisotopic (exact) mass is 324 g/mol. The molecule has 0 aliphatic rings. The lowest BCUT2D eigenvalue weighted by molar-refractivity contribution is 0.419. The van der Waals surface area contributed by atoms with E-state index in [9.17, 15) is 4.39 Å². The van der Waals surface area contributed by atoms with Crippen molar-refractivity contribution in [3.63, 3.8) is 0 Å². The summed E-state index contributed by atoms with van der Waals surface area (Å²) < 4.78 is 21.2. The lowest BCUT2D eigenvalue weighted by atomic mass is 10.2. The van der Waals surface area contributed by atoms with Crippen LogP contribution in [0.3, 0.4) is 0 Å². The fraction of sp³-hybridized carbons (Fsp3) is 0.133. The molecule has 3 aromatic rings. The molecule has 0 spiro atoms. The molecule has 2 aromatic carbocycles. The molecule has 1 heterocycles. The molecule has 0 fully saturated rings. The number of ether oxygens (including phenoxy) is 1. The average Bonchev–Trinajstić information content (AvgIpc) is 2.85. The summed E-state index contributed by atoms with van der Waals surface area (Å²) in [6.45, 7) is 0. The second kappa shape index (κ2) is 5.54. The molecule has 1 aromatic heterocycles. The highest BCUT2D eigenvalue weighted by Crippen LogP contribution is 2.30. The zero-order chi connectivity index (χ0) is 15.0. The first kappa shape index (κ1) is 14.2. The van der Waals surface area contributed by atoms with Crippen molar-refractivity contribution in [2.45, 2.75) is 5.88 Å². The Morgan fingerprint density at radius 1 is 1.29 bits per heavy atom. The van der Waals surface area contributed by atoms with Crippen LogP contribution in [0.2, 0.25) is 5.02 Å². The molecule has 3 rings (SSSR count). The number of alkyl halides is 1. The van der Waals surface area contributed by atoms with Crippen LogP contribution in [-0.2, 0) is 5.88 Å². The van der Waals surface area contributed by atoms with E-state index in [2.05, 4.69) is 4.98 Å². The van der Waals surface area contributed by atoms with E-state index in [0.717, 1.165) is 5.52 Å². The maximum atomic E-state index is 14.2. The lowest BCUT2D eigenvalue weighted by Crippen LogP contribution is -2.02. The van der Waals surface area contributed by atoms with Crippen LogP contribution >= 0.6 is 23.2 Å². The van der Waals surface area contributed by atoms with Gasteiger partial charge in [-0.3, -0.25) is 4.57 Å². The third kappa shape index (κ3) is 2.34. The minimum atomic E-state index is -0.434. The van der Waals surface area contributed by atoms with E-state index >= 15 is 0 Å². The maximum absolute atomic E-state index is 14.2. The Balaban J connectivity index is 2.35. The first-order chi connectivity index (χ1) is 10.2. The molecule has 0 saturated carbocycles. The lowest BCUT2D eigenvalue weighted by Gasteiger charge is -2.09. The first-order valence-corrected chi connectivity index (χ1v) is 7.12. The summed E-state index contributed by atoms with van der Waals surface area (Å²) in [4.78, 5) is 4.45. The van der Waals surface area contributed by atoms with E-state index < -0.39 is 5.82 Å². The summed E-state index contributed by atoms with van der Waals surface area (Å²) in [5.74, 6) is 0.875. The van der Waals surface area contributed by atoms with E-state index in [1.165, 1.54) is 6.07 Å². The van der Waals surface area contributed by atoms with Gasteiger partial charge in [0.05, 0.1) is 24.2 Å². The Kier molecular flexibility index (Phi) is 3.74. The standard InChI is InChI=1S/C15H11Cl2FN2O/c1-21-13-4-2-3-12-15(13)19-14(8-16)20(12)11-6-5-9(17)7-10(11)18/h2-7H,8H2,1H3. The molecule has 0 bridgehead atoms. The topological polar surface area (TPSA) is 27.1 Å². The van der Waals surface area contributed by atoms with Crippen molar-refractivity contribution >= 4 is 34.2 Å². The number of nitrogens with zero attached hydrogens (tertiary/aromatic N) is 2. The molecule has 108 valence electrons. The molecule has 0 saturated heterocycles. The van der Waals surface area contributed by atoms with E-state index in [1.807, 2.05) is 12.1 Å². The van der Waals surface area contributed by atoms with Crippen LogP contribution < -0.4 is 4.74 Å². The van der Waals surface area contributed by atoms with Gasteiger partial charge in [-0.05, 0) is 30.3 Å². The Hall–Kier alpha value is -1.78. The van der Waals surface area contributed by atoms with Crippen molar-refractivity contribution in [2.24, 2.45) is 0 Å². The van der Waals surface area contributed by atoms with Crippen LogP contribution in [0.15, 0.2) is 36.4 Å². The molecule has 21 heavy (non-hydrogen) atoms. The molecule has 0 amide bonds. The Morgan fingerprint density at radius 3 is 2.76 bits per heavy atom. The van der Waals surface area contributed by atoms with E-state index in [0.29, 0.717) is 27.8 Å². The van der Waals surface area contributed by atoms with Crippen LogP contribution in [0, 0.1) is 5.82 Å². The molecule has 0 atom stereocenters. The van der Waals surface area contributed by atoms with E-state index in [1.54, 1.807) is 29.9 Å². The van der Waals surface area contributed by atoms with E-state index in [4.69, 9.17) is 27.9 Å². The second-order valence-electron chi connectivity index (χ2n) is 4.42. The summed E-state index contributed by atoms with van der Waals surface area (Å²) >= 11 is 11.8. The van der Waals surface area contributed by atoms with Crippen LogP contribution in [0.4, 0.5) is 4.39 Å². The molecule has 0 aliphatic heterocycles. The highest BCUT2D eigenvalue weighted by atomic mass is 35.5. The molecule has 0 aliphatic carbocycles. The summed E-state index contributed by atoms with van der Waals surface area (Å²) in [5.41, 5.74) is 1.72. The first-order valence-electron chi connectivity index (χ1n) is 6.21. The quantitative estimate of drug-likeness (QED) is 0.660. The third-order valence-electron chi connectivity index (χ3n) is 3.21. The van der Waals surface area contributed by atoms with Crippen LogP contribution in [0.1, 0.15) is 5.82 Å². The smallest absolute Gasteiger partial charge is 0.148 e. The van der Waals surface area contributed by atoms with Crippen LogP contribution in [-0.4, -0.2) is 16.7 Å². The van der Waals surface area contributed by atoms with Crippen molar-refractivity contribution in [3.8, 4) is 11.4 Å². The van der Waals surface area contributed by atoms with Gasteiger partial charge in [-0.1, -0.05) is 17.7 Å². The normalized spacial score (nSPS) is 11.0. The van der Waals surface area contributed by atoms with Gasteiger partial charge in [0.15, 0.2) is 0 Å². The minimum absolute atomic E-state index is 0.153. The van der Waals surface area contributed by atoms with Gasteiger partial charge in [0.25, 0.3) is 0 Å². The predicted molar refractivity (Wildman–Crippen MR) is 82.1 cm³/mol. The van der Waals surface area contributed by atoms with E-state index in [-0.39, 0.29) is 5.88 Å². The third-order valence-corrected chi connectivity index (χ3v) is 3.68. The number of hydrogen-bond donors (Lipinski definition) is 0. The number of rotatable bonds is 3. The van der Waals surface area contributed by atoms with Gasteiger partial charge in [0.2, 0.25) is 0 Å². The number of hydrogen-bond acceptors (Lipinski definition) is 2. The van der Waals surface area contributed by atoms with Gasteiger partial charge in [-0.25, -0.2) is 9.37 Å². The summed E-state index contributed by atoms with van der Waals surface area (Å²) in [6.07, 6.45) is 0. The molecular weight excluding hydrogens is 314 g/mol. The molecule has 6 heteroatoms. The van der Waals surface area contributed by atoms with Crippen molar-refractivity contribution in [2.75, 3.05) is 7.11 Å². The van der Waals surface area contributed by atoms with Gasteiger partial charge in [-0.2, -0.15) is 0 Å². The van der Waals surface area contributed by atoms with Crippen molar-refractivity contribution in [3.05, 3.63) is 53.1 Å². The number of para-hydroxylation sites is 1. The van der Waals surface area contributed by atoms with Gasteiger partial charge in [-0.15, -0.1) is 11.6 Å². The maximum Gasteiger partial charge on any atom is 0.148 e. The van der Waals surface area contributed by atoms with Crippen LogP contribution in [0.5, 0.6) is 5.75 Å². The summed E-state index contributed by atoms with van der Waals surface area (Å²) in [6, 6.07) is 9.97. The number of halogens is 3. The largest absolute Gasteiger partial charge is 0.494 e. The Bertz CT molecular complexity index is 817. The van der Waals surface area contributed by atoms with Gasteiger partial charge >= 0.3 is 0 Å². The molecule has 0 unspecified atom stereocenters. The predicted octanol–water partition coefficient (Wildman–Crippen LogP) is 4.57. The minimum Gasteiger partial charge on any atom is -0.494 e. The average molecular weight is 325 g/mol. The second-order valence-corrected chi connectivity index (χ2v) is 5.12. The fourth-order valence-electron chi connectivity index (χ4n) is 2.31. The van der Waals surface area contributed by atoms with Crippen molar-refractivity contribution in [1.82, 2.24) is 9.55 Å². The van der Waals surface area contributed by atoms with Gasteiger partial charge < -0.3 is 4.74 Å². The number of benzene rings is 2. The number of aromatic nitrogens is 2. The number of imidazole rings is 1. The zero-order valence-electron chi connectivity index (χ0n) is 11.1. The summed E-state index contributed by atoms with van der Waals surface area (Å²) in [7, 11) is 1.57. The zero-order valence-corrected chi connectivity index (χ0v) is 12.6. The Labute approximate surface area is 130 Å². The number of fused-ring (bicyclic) bond motifs is 1. The molecular formula is C15H11Cl2FN2O. The van der Waals surface area contributed by atoms with Crippen molar-refractivity contribution < 1.29 is 9.13 Å². The van der Waals surface area contributed by atoms with Crippen molar-refractivity contribution in [1.29, 1.82) is 0 Å². The fourth-order valence-corrected chi connectivity index (χ4v) is 2.65. The molecule has 3 nitrogen and oxygen atoms in total. The highest BCUT2D eigenvalue weighted by Gasteiger charge is 2.17. The number of methoxy groups -OCH3 is 1. The van der Waals surface area contributed by atoms with Gasteiger partial charge in [0, 0.05) is 5.02 Å². The molecule has 0 N–H and O–H groups in total.